The van der Waals surface area contributed by atoms with E-state index in [-0.39, 0.29) is 0 Å². The Morgan fingerprint density at radius 3 is 1.33 bits per heavy atom. The van der Waals surface area contributed by atoms with Crippen LogP contribution in [0.3, 0.4) is 0 Å². The van der Waals surface area contributed by atoms with Crippen molar-refractivity contribution in [2.24, 2.45) is 11.5 Å². The predicted octanol–water partition coefficient (Wildman–Crippen LogP) is 3.28. The predicted molar refractivity (Wildman–Crippen MR) is 78.9 cm³/mol. The average molecular weight is 296 g/mol. The molecule has 0 spiro atoms. The molecule has 0 aliphatic carbocycles. The number of benzene rings is 2. The first-order valence-electron chi connectivity index (χ1n) is 6.54. The first kappa shape index (κ1) is 17.2. The van der Waals surface area contributed by atoms with Crippen LogP contribution in [0.5, 0.6) is 0 Å². The van der Waals surface area contributed by atoms with Gasteiger partial charge in [-0.3, -0.25) is 0 Å². The molecule has 0 aromatic heterocycles. The molecule has 0 radical (unpaired) electrons. The fourth-order valence-electron chi connectivity index (χ4n) is 1.84. The van der Waals surface area contributed by atoms with Crippen LogP contribution in [0.25, 0.3) is 0 Å². The van der Waals surface area contributed by atoms with E-state index in [1.807, 2.05) is 12.1 Å². The summed E-state index contributed by atoms with van der Waals surface area (Å²) in [6.07, 6.45) is -4.18. The molecule has 0 aliphatic heterocycles. The maximum atomic E-state index is 10.7. The smallest absolute Gasteiger partial charge is 0.330 e. The number of halogens is 3. The third-order valence-corrected chi connectivity index (χ3v) is 2.87. The Morgan fingerprint density at radius 1 is 0.762 bits per heavy atom. The molecule has 0 amide bonds. The van der Waals surface area contributed by atoms with E-state index in [0.717, 1.165) is 0 Å². The lowest BCUT2D eigenvalue weighted by atomic mass is 9.92. The molecule has 21 heavy (non-hydrogen) atoms. The van der Waals surface area contributed by atoms with Crippen LogP contribution in [0.15, 0.2) is 60.7 Å². The first-order valence-corrected chi connectivity index (χ1v) is 6.54. The van der Waals surface area contributed by atoms with E-state index >= 15 is 0 Å². The van der Waals surface area contributed by atoms with Crippen molar-refractivity contribution in [1.82, 2.24) is 0 Å². The topological polar surface area (TPSA) is 52.0 Å². The highest BCUT2D eigenvalue weighted by molar-refractivity contribution is 5.32. The highest BCUT2D eigenvalue weighted by atomic mass is 19.4. The third-order valence-electron chi connectivity index (χ3n) is 2.87. The summed E-state index contributed by atoms with van der Waals surface area (Å²) < 4.78 is 32.0. The highest BCUT2D eigenvalue weighted by Crippen LogP contribution is 2.22. The quantitative estimate of drug-likeness (QED) is 0.913. The van der Waals surface area contributed by atoms with Gasteiger partial charge in [0.1, 0.15) is 0 Å². The van der Waals surface area contributed by atoms with E-state index in [9.17, 15) is 13.2 Å². The number of rotatable bonds is 3. The molecule has 114 valence electrons. The van der Waals surface area contributed by atoms with Crippen molar-refractivity contribution in [3.63, 3.8) is 0 Å². The molecule has 2 nitrogen and oxygen atoms in total. The molecule has 2 rings (SSSR count). The minimum Gasteiger partial charge on any atom is -0.330 e. The Kier molecular flexibility index (Phi) is 6.91. The van der Waals surface area contributed by atoms with Crippen molar-refractivity contribution in [3.8, 4) is 0 Å². The summed E-state index contributed by atoms with van der Waals surface area (Å²) >= 11 is 0. The molecule has 2 aromatic carbocycles. The van der Waals surface area contributed by atoms with Crippen LogP contribution in [0, 0.1) is 0 Å². The molecular formula is C16H19F3N2. The van der Waals surface area contributed by atoms with Crippen molar-refractivity contribution >= 4 is 0 Å². The minimum atomic E-state index is -4.18. The van der Waals surface area contributed by atoms with Gasteiger partial charge in [-0.25, -0.2) is 0 Å². The maximum absolute atomic E-state index is 10.7. The number of alkyl halides is 3. The third kappa shape index (κ3) is 6.42. The average Bonchev–Trinajstić information content (AvgIpc) is 2.50. The lowest BCUT2D eigenvalue weighted by molar-refractivity contribution is -0.118. The number of hydrogen-bond donors (Lipinski definition) is 2. The van der Waals surface area contributed by atoms with Gasteiger partial charge in [0.25, 0.3) is 0 Å². The fraction of sp³-hybridized carbons (Fsp3) is 0.250. The lowest BCUT2D eigenvalue weighted by Gasteiger charge is -2.15. The molecule has 0 saturated carbocycles. The molecule has 0 heterocycles. The van der Waals surface area contributed by atoms with Gasteiger partial charge in [0.05, 0.1) is 6.54 Å². The van der Waals surface area contributed by atoms with Crippen LogP contribution in [-0.4, -0.2) is 19.3 Å². The molecular weight excluding hydrogens is 277 g/mol. The monoisotopic (exact) mass is 296 g/mol. The summed E-state index contributed by atoms with van der Waals surface area (Å²) in [4.78, 5) is 0. The summed E-state index contributed by atoms with van der Waals surface area (Å²) in [5.74, 6) is 0.312. The Labute approximate surface area is 122 Å². The summed E-state index contributed by atoms with van der Waals surface area (Å²) in [7, 11) is 0. The summed E-state index contributed by atoms with van der Waals surface area (Å²) in [5.41, 5.74) is 12.6. The second kappa shape index (κ2) is 8.44. The zero-order valence-electron chi connectivity index (χ0n) is 11.6. The largest absolute Gasteiger partial charge is 0.400 e. The van der Waals surface area contributed by atoms with E-state index in [1.54, 1.807) is 0 Å². The second-order valence-corrected chi connectivity index (χ2v) is 4.43. The fourth-order valence-corrected chi connectivity index (χ4v) is 1.84. The van der Waals surface area contributed by atoms with Crippen LogP contribution >= 0.6 is 0 Å². The van der Waals surface area contributed by atoms with E-state index in [1.165, 1.54) is 11.1 Å². The molecule has 0 unspecified atom stereocenters. The van der Waals surface area contributed by atoms with Crippen molar-refractivity contribution in [2.75, 3.05) is 13.1 Å². The highest BCUT2D eigenvalue weighted by Gasteiger charge is 2.23. The molecule has 4 N–H and O–H groups in total. The van der Waals surface area contributed by atoms with Gasteiger partial charge in [0, 0.05) is 12.5 Å². The molecule has 0 aliphatic rings. The Morgan fingerprint density at radius 2 is 1.10 bits per heavy atom. The van der Waals surface area contributed by atoms with Crippen LogP contribution in [0.1, 0.15) is 17.0 Å². The summed E-state index contributed by atoms with van der Waals surface area (Å²) in [5, 5.41) is 0. The van der Waals surface area contributed by atoms with Gasteiger partial charge in [0.15, 0.2) is 0 Å². The van der Waals surface area contributed by atoms with Crippen LogP contribution in [0.4, 0.5) is 13.2 Å². The van der Waals surface area contributed by atoms with Crippen LogP contribution < -0.4 is 11.5 Å². The Balaban J connectivity index is 0.000000315. The van der Waals surface area contributed by atoms with Gasteiger partial charge in [-0.1, -0.05) is 60.7 Å². The van der Waals surface area contributed by atoms with Crippen molar-refractivity contribution in [2.45, 2.75) is 12.1 Å². The molecule has 2 aromatic rings. The summed E-state index contributed by atoms with van der Waals surface area (Å²) in [6, 6.07) is 20.8. The van der Waals surface area contributed by atoms with Crippen LogP contribution in [0.2, 0.25) is 0 Å². The van der Waals surface area contributed by atoms with Gasteiger partial charge in [0.2, 0.25) is 0 Å². The van der Waals surface area contributed by atoms with E-state index in [4.69, 9.17) is 5.73 Å². The zero-order chi connectivity index (χ0) is 15.7. The summed E-state index contributed by atoms with van der Waals surface area (Å²) in [6.45, 7) is -0.582. The van der Waals surface area contributed by atoms with Gasteiger partial charge in [-0.15, -0.1) is 0 Å². The van der Waals surface area contributed by atoms with Gasteiger partial charge in [-0.2, -0.15) is 13.2 Å². The van der Waals surface area contributed by atoms with Gasteiger partial charge >= 0.3 is 6.18 Å². The minimum absolute atomic E-state index is 0.312. The lowest BCUT2D eigenvalue weighted by Crippen LogP contribution is -2.21. The molecule has 5 heteroatoms. The van der Waals surface area contributed by atoms with Crippen molar-refractivity contribution < 1.29 is 13.2 Å². The number of hydrogen-bond acceptors (Lipinski definition) is 2. The second-order valence-electron chi connectivity index (χ2n) is 4.43. The Bertz CT molecular complexity index is 458. The molecule has 0 atom stereocenters. The number of nitrogens with two attached hydrogens (primary N) is 2. The van der Waals surface area contributed by atoms with Gasteiger partial charge < -0.3 is 11.5 Å². The van der Waals surface area contributed by atoms with E-state index in [0.29, 0.717) is 12.5 Å². The standard InChI is InChI=1S/C14H15N.C2H4F3N/c15-11-14(12-7-3-1-4-8-12)13-9-5-2-6-10-13;3-2(4,5)1-6/h1-10,14H,11,15H2;1,6H2. The molecule has 0 fully saturated rings. The van der Waals surface area contributed by atoms with Gasteiger partial charge in [-0.05, 0) is 11.1 Å². The Hall–Kier alpha value is -1.85. The van der Waals surface area contributed by atoms with Crippen molar-refractivity contribution in [3.05, 3.63) is 71.8 Å². The maximum Gasteiger partial charge on any atom is 0.400 e. The normalized spacial score (nSPS) is 11.0. The van der Waals surface area contributed by atoms with Crippen molar-refractivity contribution in [1.29, 1.82) is 0 Å². The zero-order valence-corrected chi connectivity index (χ0v) is 11.6. The van der Waals surface area contributed by atoms with E-state index in [2.05, 4.69) is 54.3 Å². The van der Waals surface area contributed by atoms with E-state index < -0.39 is 12.7 Å². The SMILES string of the molecule is NCC(F)(F)F.NCC(c1ccccc1)c1ccccc1. The van der Waals surface area contributed by atoms with Crippen LogP contribution in [-0.2, 0) is 0 Å². The molecule has 0 bridgehead atoms. The molecule has 0 saturated heterocycles. The first-order chi connectivity index (χ1) is 9.98.